The lowest BCUT2D eigenvalue weighted by Crippen LogP contribution is -2.28. The lowest BCUT2D eigenvalue weighted by Gasteiger charge is -2.31. The minimum Gasteiger partial charge on any atom is -0.392 e. The molecule has 1 nitrogen and oxygen atoms in total. The molecule has 0 saturated heterocycles. The lowest BCUT2D eigenvalue weighted by molar-refractivity contribution is 0.0685. The molecule has 1 N–H and O–H groups in total. The van der Waals surface area contributed by atoms with Crippen molar-refractivity contribution in [2.45, 2.75) is 51.6 Å². The van der Waals surface area contributed by atoms with Gasteiger partial charge in [-0.2, -0.15) is 0 Å². The van der Waals surface area contributed by atoms with Gasteiger partial charge < -0.3 is 5.11 Å². The summed E-state index contributed by atoms with van der Waals surface area (Å²) < 4.78 is 0. The molecule has 3 atom stereocenters. The van der Waals surface area contributed by atoms with Gasteiger partial charge in [0.1, 0.15) is 0 Å². The lowest BCUT2D eigenvalue weighted by atomic mass is 9.76. The first-order valence-electron chi connectivity index (χ1n) is 7.11. The van der Waals surface area contributed by atoms with Gasteiger partial charge in [-0.3, -0.25) is 0 Å². The van der Waals surface area contributed by atoms with Crippen LogP contribution in [0.2, 0.25) is 5.02 Å². The number of aliphatic hydroxyl groups is 1. The van der Waals surface area contributed by atoms with Crippen LogP contribution in [0.1, 0.15) is 44.6 Å². The van der Waals surface area contributed by atoms with E-state index in [1.54, 1.807) is 0 Å². The van der Waals surface area contributed by atoms with Gasteiger partial charge in [0.2, 0.25) is 0 Å². The highest BCUT2D eigenvalue weighted by Gasteiger charge is 2.26. The normalized spacial score (nSPS) is 25.9. The van der Waals surface area contributed by atoms with Crippen LogP contribution in [0, 0.1) is 11.8 Å². The minimum absolute atomic E-state index is 0.210. The number of hydrogen-bond donors (Lipinski definition) is 1. The Morgan fingerprint density at radius 3 is 2.94 bits per heavy atom. The van der Waals surface area contributed by atoms with E-state index in [0.717, 1.165) is 22.9 Å². The van der Waals surface area contributed by atoms with E-state index < -0.39 is 0 Å². The molecule has 1 aromatic carbocycles. The van der Waals surface area contributed by atoms with Crippen LogP contribution >= 0.6 is 11.6 Å². The molecule has 1 saturated carbocycles. The molecule has 0 aliphatic heterocycles. The van der Waals surface area contributed by atoms with Crippen LogP contribution in [0.25, 0.3) is 0 Å². The van der Waals surface area contributed by atoms with Crippen LogP contribution in [0.4, 0.5) is 0 Å². The molecular formula is C16H23ClO. The molecule has 1 fully saturated rings. The Morgan fingerprint density at radius 1 is 1.39 bits per heavy atom. The molecule has 0 radical (unpaired) electrons. The fraction of sp³-hybridized carbons (Fsp3) is 0.625. The topological polar surface area (TPSA) is 20.2 Å². The molecule has 0 bridgehead atoms. The summed E-state index contributed by atoms with van der Waals surface area (Å²) in [4.78, 5) is 0. The smallest absolute Gasteiger partial charge is 0.0608 e. The first-order valence-corrected chi connectivity index (χ1v) is 7.49. The van der Waals surface area contributed by atoms with E-state index in [1.165, 1.54) is 32.1 Å². The SMILES string of the molecule is CCC1CCCC(C(O)Cc2cccc(Cl)c2)C1. The highest BCUT2D eigenvalue weighted by molar-refractivity contribution is 6.30. The van der Waals surface area contributed by atoms with E-state index in [9.17, 15) is 5.11 Å². The Bertz CT molecular complexity index is 377. The Kier molecular flexibility index (Phi) is 5.08. The van der Waals surface area contributed by atoms with Gasteiger partial charge >= 0.3 is 0 Å². The number of halogens is 1. The van der Waals surface area contributed by atoms with Gasteiger partial charge in [-0.05, 0) is 48.8 Å². The summed E-state index contributed by atoms with van der Waals surface area (Å²) in [6.07, 6.45) is 6.77. The zero-order valence-electron chi connectivity index (χ0n) is 11.1. The molecule has 1 aliphatic rings. The van der Waals surface area contributed by atoms with Crippen molar-refractivity contribution >= 4 is 11.6 Å². The number of hydrogen-bond acceptors (Lipinski definition) is 1. The van der Waals surface area contributed by atoms with Gasteiger partial charge in [0.25, 0.3) is 0 Å². The van der Waals surface area contributed by atoms with Gasteiger partial charge in [0, 0.05) is 5.02 Å². The summed E-state index contributed by atoms with van der Waals surface area (Å²) in [6.45, 7) is 2.26. The van der Waals surface area contributed by atoms with E-state index in [-0.39, 0.29) is 6.10 Å². The molecular weight excluding hydrogens is 244 g/mol. The third-order valence-electron chi connectivity index (χ3n) is 4.28. The molecule has 0 amide bonds. The Labute approximate surface area is 115 Å². The third-order valence-corrected chi connectivity index (χ3v) is 4.51. The van der Waals surface area contributed by atoms with Gasteiger partial charge in [-0.15, -0.1) is 0 Å². The second-order valence-corrected chi connectivity index (χ2v) is 6.04. The standard InChI is InChI=1S/C16H23ClO/c1-2-12-5-3-7-14(9-12)16(18)11-13-6-4-8-15(17)10-13/h4,6,8,10,12,14,16,18H,2-3,5,7,9,11H2,1H3. The fourth-order valence-electron chi connectivity index (χ4n) is 3.12. The molecule has 100 valence electrons. The van der Waals surface area contributed by atoms with Crippen molar-refractivity contribution in [3.63, 3.8) is 0 Å². The van der Waals surface area contributed by atoms with Crippen molar-refractivity contribution in [2.75, 3.05) is 0 Å². The van der Waals surface area contributed by atoms with E-state index in [0.29, 0.717) is 5.92 Å². The van der Waals surface area contributed by atoms with Crippen molar-refractivity contribution in [1.29, 1.82) is 0 Å². The second-order valence-electron chi connectivity index (χ2n) is 5.60. The predicted molar refractivity (Wildman–Crippen MR) is 76.9 cm³/mol. The van der Waals surface area contributed by atoms with Crippen LogP contribution in [0.15, 0.2) is 24.3 Å². The van der Waals surface area contributed by atoms with Crippen molar-refractivity contribution in [1.82, 2.24) is 0 Å². The molecule has 1 aromatic rings. The van der Waals surface area contributed by atoms with E-state index in [4.69, 9.17) is 11.6 Å². The Balaban J connectivity index is 1.93. The summed E-state index contributed by atoms with van der Waals surface area (Å²) >= 11 is 5.98. The molecule has 0 spiro atoms. The van der Waals surface area contributed by atoms with E-state index in [2.05, 4.69) is 13.0 Å². The second kappa shape index (κ2) is 6.58. The zero-order valence-corrected chi connectivity index (χ0v) is 11.9. The van der Waals surface area contributed by atoms with Crippen LogP contribution in [0.3, 0.4) is 0 Å². The quantitative estimate of drug-likeness (QED) is 0.853. The van der Waals surface area contributed by atoms with Crippen LogP contribution in [0.5, 0.6) is 0 Å². The first-order chi connectivity index (χ1) is 8.69. The highest BCUT2D eigenvalue weighted by atomic mass is 35.5. The minimum atomic E-state index is -0.210. The van der Waals surface area contributed by atoms with Gasteiger partial charge in [-0.1, -0.05) is 49.9 Å². The summed E-state index contributed by atoms with van der Waals surface area (Å²) in [5.41, 5.74) is 1.15. The average molecular weight is 267 g/mol. The number of benzene rings is 1. The van der Waals surface area contributed by atoms with Crippen molar-refractivity contribution in [3.05, 3.63) is 34.9 Å². The summed E-state index contributed by atoms with van der Waals surface area (Å²) in [5.74, 6) is 1.29. The summed E-state index contributed by atoms with van der Waals surface area (Å²) in [5, 5.41) is 11.1. The number of aliphatic hydroxyl groups excluding tert-OH is 1. The molecule has 3 unspecified atom stereocenters. The van der Waals surface area contributed by atoms with Gasteiger partial charge in [0.05, 0.1) is 6.10 Å². The molecule has 0 heterocycles. The van der Waals surface area contributed by atoms with Crippen molar-refractivity contribution in [2.24, 2.45) is 11.8 Å². The van der Waals surface area contributed by atoms with Crippen molar-refractivity contribution in [3.8, 4) is 0 Å². The molecule has 2 rings (SSSR count). The summed E-state index contributed by atoms with van der Waals surface area (Å²) in [7, 11) is 0. The van der Waals surface area contributed by atoms with Crippen molar-refractivity contribution < 1.29 is 5.11 Å². The molecule has 1 aliphatic carbocycles. The zero-order chi connectivity index (χ0) is 13.0. The highest BCUT2D eigenvalue weighted by Crippen LogP contribution is 2.33. The number of rotatable bonds is 4. The monoisotopic (exact) mass is 266 g/mol. The largest absolute Gasteiger partial charge is 0.392 e. The average Bonchev–Trinajstić information content (AvgIpc) is 2.39. The van der Waals surface area contributed by atoms with Gasteiger partial charge in [0.15, 0.2) is 0 Å². The van der Waals surface area contributed by atoms with Crippen LogP contribution < -0.4 is 0 Å². The fourth-order valence-corrected chi connectivity index (χ4v) is 3.34. The maximum atomic E-state index is 10.4. The predicted octanol–water partition coefficient (Wildman–Crippen LogP) is 4.46. The van der Waals surface area contributed by atoms with E-state index in [1.807, 2.05) is 18.2 Å². The molecule has 2 heteroatoms. The molecule has 18 heavy (non-hydrogen) atoms. The first kappa shape index (κ1) is 13.9. The van der Waals surface area contributed by atoms with Crippen LogP contribution in [-0.2, 0) is 6.42 Å². The maximum Gasteiger partial charge on any atom is 0.0608 e. The Morgan fingerprint density at radius 2 is 2.22 bits per heavy atom. The maximum absolute atomic E-state index is 10.4. The van der Waals surface area contributed by atoms with E-state index >= 15 is 0 Å². The van der Waals surface area contributed by atoms with Crippen LogP contribution in [-0.4, -0.2) is 11.2 Å². The third kappa shape index (κ3) is 3.73. The Hall–Kier alpha value is -0.530. The van der Waals surface area contributed by atoms with Gasteiger partial charge in [-0.25, -0.2) is 0 Å². The summed E-state index contributed by atoms with van der Waals surface area (Å²) in [6, 6.07) is 7.85. The molecule has 0 aromatic heterocycles.